The van der Waals surface area contributed by atoms with Crippen LogP contribution in [0, 0.1) is 11.3 Å². The van der Waals surface area contributed by atoms with Gasteiger partial charge in [-0.25, -0.2) is 9.97 Å². The normalized spacial score (nSPS) is 17.7. The van der Waals surface area contributed by atoms with Crippen molar-refractivity contribution in [3.63, 3.8) is 0 Å². The molecule has 3 N–H and O–H groups in total. The van der Waals surface area contributed by atoms with E-state index in [-0.39, 0.29) is 23.2 Å². The maximum absolute atomic E-state index is 13.7. The van der Waals surface area contributed by atoms with Gasteiger partial charge >= 0.3 is 6.18 Å². The highest BCUT2D eigenvalue weighted by atomic mass is 19.4. The Bertz CT molecular complexity index is 1060. The second-order valence-corrected chi connectivity index (χ2v) is 7.04. The largest absolute Gasteiger partial charge is 0.419 e. The van der Waals surface area contributed by atoms with E-state index in [1.165, 1.54) is 6.20 Å². The Kier molecular flexibility index (Phi) is 5.11. The van der Waals surface area contributed by atoms with Crippen molar-refractivity contribution in [1.82, 2.24) is 20.3 Å². The number of aromatic nitrogens is 3. The molecule has 0 radical (unpaired) electrons. The number of alkyl halides is 3. The first-order valence-corrected chi connectivity index (χ1v) is 9.39. The second-order valence-electron chi connectivity index (χ2n) is 7.04. The molecule has 150 valence electrons. The highest BCUT2D eigenvalue weighted by Gasteiger charge is 2.36. The van der Waals surface area contributed by atoms with E-state index in [4.69, 9.17) is 0 Å². The molecule has 1 saturated heterocycles. The van der Waals surface area contributed by atoms with Crippen LogP contribution in [-0.4, -0.2) is 34.1 Å². The summed E-state index contributed by atoms with van der Waals surface area (Å²) in [6.45, 7) is 1.63. The fourth-order valence-corrected chi connectivity index (χ4v) is 3.63. The molecule has 1 aromatic carbocycles. The van der Waals surface area contributed by atoms with Gasteiger partial charge in [-0.3, -0.25) is 0 Å². The Morgan fingerprint density at radius 3 is 2.90 bits per heavy atom. The fourth-order valence-electron chi connectivity index (χ4n) is 3.63. The predicted octanol–water partition coefficient (Wildman–Crippen LogP) is 4.07. The quantitative estimate of drug-likeness (QED) is 0.617. The van der Waals surface area contributed by atoms with E-state index in [1.807, 2.05) is 6.07 Å². The van der Waals surface area contributed by atoms with Gasteiger partial charge in [-0.05, 0) is 25.5 Å². The van der Waals surface area contributed by atoms with Crippen LogP contribution in [0.15, 0.2) is 30.6 Å². The SMILES string of the molecule is N#Cc1cccc2c(-c3nc(N[C@H]4CCCCNC4)ncc3C(F)(F)F)c[nH]c12. The Balaban J connectivity index is 1.79. The summed E-state index contributed by atoms with van der Waals surface area (Å²) in [6.07, 6.45) is 0.659. The van der Waals surface area contributed by atoms with Gasteiger partial charge < -0.3 is 15.6 Å². The number of H-pyrrole nitrogens is 1. The number of aromatic amines is 1. The lowest BCUT2D eigenvalue weighted by Crippen LogP contribution is -2.31. The number of fused-ring (bicyclic) bond motifs is 1. The van der Waals surface area contributed by atoms with Gasteiger partial charge in [-0.15, -0.1) is 0 Å². The molecule has 3 aromatic rings. The Morgan fingerprint density at radius 1 is 1.24 bits per heavy atom. The fraction of sp³-hybridized carbons (Fsp3) is 0.350. The number of hydrogen-bond acceptors (Lipinski definition) is 5. The van der Waals surface area contributed by atoms with E-state index in [2.05, 4.69) is 25.6 Å². The first-order chi connectivity index (χ1) is 14.0. The lowest BCUT2D eigenvalue weighted by molar-refractivity contribution is -0.137. The number of benzene rings is 1. The summed E-state index contributed by atoms with van der Waals surface area (Å²) >= 11 is 0. The molecule has 2 aromatic heterocycles. The molecule has 4 rings (SSSR count). The number of nitrogens with zero attached hydrogens (tertiary/aromatic N) is 3. The number of nitriles is 1. The van der Waals surface area contributed by atoms with E-state index < -0.39 is 11.7 Å². The smallest absolute Gasteiger partial charge is 0.359 e. The van der Waals surface area contributed by atoms with Gasteiger partial charge in [0, 0.05) is 35.9 Å². The molecule has 0 saturated carbocycles. The molecule has 0 bridgehead atoms. The third kappa shape index (κ3) is 3.89. The molecule has 0 unspecified atom stereocenters. The molecule has 9 heteroatoms. The van der Waals surface area contributed by atoms with Crippen LogP contribution in [0.4, 0.5) is 19.1 Å². The van der Waals surface area contributed by atoms with Gasteiger partial charge in [0.15, 0.2) is 0 Å². The molecule has 0 aliphatic carbocycles. The zero-order chi connectivity index (χ0) is 20.4. The zero-order valence-electron chi connectivity index (χ0n) is 15.5. The molecule has 3 heterocycles. The lowest BCUT2D eigenvalue weighted by Gasteiger charge is -2.18. The van der Waals surface area contributed by atoms with E-state index in [0.29, 0.717) is 23.0 Å². The summed E-state index contributed by atoms with van der Waals surface area (Å²) in [5.41, 5.74) is 0.00977. The van der Waals surface area contributed by atoms with E-state index in [0.717, 1.165) is 32.0 Å². The molecule has 1 fully saturated rings. The number of hydrogen-bond donors (Lipinski definition) is 3. The Hall–Kier alpha value is -3.12. The monoisotopic (exact) mass is 400 g/mol. The van der Waals surface area contributed by atoms with Crippen LogP contribution in [0.1, 0.15) is 30.4 Å². The Morgan fingerprint density at radius 2 is 2.10 bits per heavy atom. The average Bonchev–Trinajstić information content (AvgIpc) is 2.97. The van der Waals surface area contributed by atoms with Gasteiger partial charge in [-0.1, -0.05) is 18.6 Å². The highest BCUT2D eigenvalue weighted by Crippen LogP contribution is 2.39. The van der Waals surface area contributed by atoms with Crippen LogP contribution >= 0.6 is 0 Å². The third-order valence-corrected chi connectivity index (χ3v) is 5.07. The first kappa shape index (κ1) is 19.2. The van der Waals surface area contributed by atoms with E-state index in [1.54, 1.807) is 18.2 Å². The zero-order valence-corrected chi connectivity index (χ0v) is 15.5. The molecule has 1 aliphatic heterocycles. The second kappa shape index (κ2) is 7.72. The van der Waals surface area contributed by atoms with Crippen molar-refractivity contribution in [2.24, 2.45) is 0 Å². The number of para-hydroxylation sites is 1. The minimum Gasteiger partial charge on any atom is -0.359 e. The summed E-state index contributed by atoms with van der Waals surface area (Å²) in [6, 6.07) is 7.02. The highest BCUT2D eigenvalue weighted by molar-refractivity contribution is 5.98. The lowest BCUT2D eigenvalue weighted by atomic mass is 10.0. The third-order valence-electron chi connectivity index (χ3n) is 5.07. The predicted molar refractivity (Wildman–Crippen MR) is 103 cm³/mol. The standard InChI is InChI=1S/C20H19F3N6/c21-20(22,23)16-11-27-19(28-13-5-1-2-7-25-9-13)29-18(16)15-10-26-17-12(8-24)4-3-6-14(15)17/h3-4,6,10-11,13,25-26H,1-2,5,7,9H2,(H,27,28,29)/t13-/m0/s1. The summed E-state index contributed by atoms with van der Waals surface area (Å²) < 4.78 is 41.0. The van der Waals surface area contributed by atoms with Crippen molar-refractivity contribution in [2.45, 2.75) is 31.5 Å². The summed E-state index contributed by atoms with van der Waals surface area (Å²) in [5.74, 6) is 0.160. The average molecular weight is 400 g/mol. The molecule has 29 heavy (non-hydrogen) atoms. The minimum absolute atomic E-state index is 0.0512. The van der Waals surface area contributed by atoms with Crippen LogP contribution < -0.4 is 10.6 Å². The van der Waals surface area contributed by atoms with Crippen molar-refractivity contribution < 1.29 is 13.2 Å². The van der Waals surface area contributed by atoms with Gasteiger partial charge in [0.05, 0.1) is 16.8 Å². The van der Waals surface area contributed by atoms with Gasteiger partial charge in [0.2, 0.25) is 5.95 Å². The number of nitrogens with one attached hydrogen (secondary N) is 3. The molecule has 1 aliphatic rings. The number of halogens is 3. The Labute approximate surface area is 165 Å². The minimum atomic E-state index is -4.60. The molecule has 1 atom stereocenters. The summed E-state index contributed by atoms with van der Waals surface area (Å²) in [7, 11) is 0. The summed E-state index contributed by atoms with van der Waals surface area (Å²) in [5, 5.41) is 16.2. The molecular formula is C20H19F3N6. The van der Waals surface area contributed by atoms with Crippen molar-refractivity contribution >= 4 is 16.9 Å². The van der Waals surface area contributed by atoms with Crippen LogP contribution in [0.5, 0.6) is 0 Å². The van der Waals surface area contributed by atoms with Crippen LogP contribution in [0.2, 0.25) is 0 Å². The van der Waals surface area contributed by atoms with Gasteiger partial charge in [0.1, 0.15) is 11.6 Å². The molecule has 0 spiro atoms. The molecule has 6 nitrogen and oxygen atoms in total. The maximum Gasteiger partial charge on any atom is 0.419 e. The van der Waals surface area contributed by atoms with Gasteiger partial charge in [-0.2, -0.15) is 18.4 Å². The van der Waals surface area contributed by atoms with Crippen LogP contribution in [-0.2, 0) is 6.18 Å². The van der Waals surface area contributed by atoms with E-state index >= 15 is 0 Å². The molecule has 0 amide bonds. The van der Waals surface area contributed by atoms with Crippen LogP contribution in [0.3, 0.4) is 0 Å². The maximum atomic E-state index is 13.7. The van der Waals surface area contributed by atoms with Crippen molar-refractivity contribution in [2.75, 3.05) is 18.4 Å². The van der Waals surface area contributed by atoms with Crippen molar-refractivity contribution in [3.8, 4) is 17.3 Å². The number of anilines is 1. The topological polar surface area (TPSA) is 89.4 Å². The van der Waals surface area contributed by atoms with Crippen molar-refractivity contribution in [3.05, 3.63) is 41.7 Å². The first-order valence-electron chi connectivity index (χ1n) is 9.39. The molecular weight excluding hydrogens is 381 g/mol. The van der Waals surface area contributed by atoms with Crippen LogP contribution in [0.25, 0.3) is 22.2 Å². The van der Waals surface area contributed by atoms with Crippen molar-refractivity contribution in [1.29, 1.82) is 5.26 Å². The van der Waals surface area contributed by atoms with E-state index in [9.17, 15) is 18.4 Å². The number of rotatable bonds is 3. The summed E-state index contributed by atoms with van der Waals surface area (Å²) in [4.78, 5) is 11.1. The van der Waals surface area contributed by atoms with Gasteiger partial charge in [0.25, 0.3) is 0 Å².